The van der Waals surface area contributed by atoms with Gasteiger partial charge in [-0.25, -0.2) is 0 Å². The summed E-state index contributed by atoms with van der Waals surface area (Å²) in [4.78, 5) is 6.80. The van der Waals surface area contributed by atoms with E-state index in [9.17, 15) is 0 Å². The van der Waals surface area contributed by atoms with Crippen molar-refractivity contribution >= 4 is 17.7 Å². The first kappa shape index (κ1) is 11.1. The van der Waals surface area contributed by atoms with Gasteiger partial charge in [-0.3, -0.25) is 4.99 Å². The van der Waals surface area contributed by atoms with Crippen molar-refractivity contribution in [3.63, 3.8) is 0 Å². The van der Waals surface area contributed by atoms with Crippen molar-refractivity contribution in [2.24, 2.45) is 16.6 Å². The van der Waals surface area contributed by atoms with E-state index in [0.717, 1.165) is 24.3 Å². The van der Waals surface area contributed by atoms with Crippen molar-refractivity contribution in [3.05, 3.63) is 0 Å². The number of thioether (sulfide) groups is 1. The molecule has 2 heterocycles. The van der Waals surface area contributed by atoms with Crippen LogP contribution in [0.25, 0.3) is 0 Å². The summed E-state index contributed by atoms with van der Waals surface area (Å²) in [5.41, 5.74) is 6.24. The van der Waals surface area contributed by atoms with E-state index in [1.807, 2.05) is 0 Å². The van der Waals surface area contributed by atoms with Crippen LogP contribution in [0.2, 0.25) is 0 Å². The Hall–Kier alpha value is -0.380. The molecule has 1 spiro atoms. The van der Waals surface area contributed by atoms with Crippen LogP contribution in [0.4, 0.5) is 0 Å². The van der Waals surface area contributed by atoms with Crippen LogP contribution in [0.1, 0.15) is 27.2 Å². The average molecular weight is 227 g/mol. The second-order valence-corrected chi connectivity index (χ2v) is 6.66. The van der Waals surface area contributed by atoms with Crippen LogP contribution in [0, 0.1) is 5.92 Å². The largest absolute Gasteiger partial charge is 0.370 e. The van der Waals surface area contributed by atoms with Crippen molar-refractivity contribution in [1.29, 1.82) is 0 Å². The van der Waals surface area contributed by atoms with E-state index < -0.39 is 0 Å². The quantitative estimate of drug-likeness (QED) is 0.778. The Morgan fingerprint density at radius 1 is 1.67 bits per heavy atom. The molecule has 0 aliphatic carbocycles. The van der Waals surface area contributed by atoms with Gasteiger partial charge in [0.2, 0.25) is 0 Å². The van der Waals surface area contributed by atoms with Gasteiger partial charge in [0.1, 0.15) is 0 Å². The Labute approximate surface area is 96.5 Å². The lowest BCUT2D eigenvalue weighted by Gasteiger charge is -2.36. The Bertz CT molecular complexity index is 277. The lowest BCUT2D eigenvalue weighted by atomic mass is 9.94. The summed E-state index contributed by atoms with van der Waals surface area (Å²) >= 11 is 2.06. The third-order valence-electron chi connectivity index (χ3n) is 3.24. The number of guanidine groups is 1. The highest BCUT2D eigenvalue weighted by molar-refractivity contribution is 8.00. The van der Waals surface area contributed by atoms with Gasteiger partial charge in [0.05, 0.1) is 12.1 Å². The summed E-state index contributed by atoms with van der Waals surface area (Å²) in [6.45, 7) is 8.74. The molecule has 2 rings (SSSR count). The molecule has 0 aromatic rings. The molecule has 2 N–H and O–H groups in total. The molecule has 0 bridgehead atoms. The van der Waals surface area contributed by atoms with E-state index in [2.05, 4.69) is 42.4 Å². The maximum atomic E-state index is 5.99. The van der Waals surface area contributed by atoms with Crippen LogP contribution in [-0.2, 0) is 0 Å². The third-order valence-corrected chi connectivity index (χ3v) is 4.68. The number of nitrogens with two attached hydrogens (primary N) is 1. The molecule has 0 amide bonds. The van der Waals surface area contributed by atoms with Gasteiger partial charge in [0, 0.05) is 17.5 Å². The molecule has 4 heteroatoms. The third kappa shape index (κ3) is 1.96. The van der Waals surface area contributed by atoms with Gasteiger partial charge < -0.3 is 10.6 Å². The number of aliphatic imine (C=N–C) groups is 1. The molecule has 86 valence electrons. The zero-order valence-electron chi connectivity index (χ0n) is 9.86. The number of rotatable bonds is 2. The van der Waals surface area contributed by atoms with Crippen molar-refractivity contribution in [3.8, 4) is 0 Å². The van der Waals surface area contributed by atoms with Crippen molar-refractivity contribution in [2.45, 2.75) is 38.0 Å². The minimum absolute atomic E-state index is 0.248. The van der Waals surface area contributed by atoms with Gasteiger partial charge in [0.25, 0.3) is 0 Å². The summed E-state index contributed by atoms with van der Waals surface area (Å²) in [5, 5.41) is 0.751. The molecule has 0 aromatic carbocycles. The summed E-state index contributed by atoms with van der Waals surface area (Å²) < 4.78 is 0. The SMILES string of the molecule is CC(C)CN1C(N)=NCC12CSC(C)C2. The zero-order valence-corrected chi connectivity index (χ0v) is 10.7. The summed E-state index contributed by atoms with van der Waals surface area (Å²) in [6, 6.07) is 0. The molecule has 2 aliphatic rings. The van der Waals surface area contributed by atoms with Crippen LogP contribution < -0.4 is 5.73 Å². The van der Waals surface area contributed by atoms with E-state index in [1.165, 1.54) is 12.2 Å². The summed E-state index contributed by atoms with van der Waals surface area (Å²) in [7, 11) is 0. The average Bonchev–Trinajstić information content (AvgIpc) is 2.65. The molecule has 2 unspecified atom stereocenters. The molecule has 1 fully saturated rings. The highest BCUT2D eigenvalue weighted by Crippen LogP contribution is 2.41. The van der Waals surface area contributed by atoms with Gasteiger partial charge in [-0.05, 0) is 12.3 Å². The molecule has 2 atom stereocenters. The number of hydrogen-bond acceptors (Lipinski definition) is 4. The van der Waals surface area contributed by atoms with Gasteiger partial charge in [0.15, 0.2) is 5.96 Å². The van der Waals surface area contributed by atoms with Crippen molar-refractivity contribution < 1.29 is 0 Å². The van der Waals surface area contributed by atoms with E-state index in [0.29, 0.717) is 5.92 Å². The molecule has 0 radical (unpaired) electrons. The molecule has 15 heavy (non-hydrogen) atoms. The van der Waals surface area contributed by atoms with Gasteiger partial charge in [-0.1, -0.05) is 20.8 Å². The summed E-state index contributed by atoms with van der Waals surface area (Å²) in [6.07, 6.45) is 1.23. The Morgan fingerprint density at radius 2 is 2.40 bits per heavy atom. The minimum Gasteiger partial charge on any atom is -0.370 e. The monoisotopic (exact) mass is 227 g/mol. The molecule has 3 nitrogen and oxygen atoms in total. The lowest BCUT2D eigenvalue weighted by molar-refractivity contribution is 0.203. The maximum absolute atomic E-state index is 5.99. The minimum atomic E-state index is 0.248. The zero-order chi connectivity index (χ0) is 11.1. The first-order chi connectivity index (χ1) is 7.03. The van der Waals surface area contributed by atoms with E-state index in [-0.39, 0.29) is 5.54 Å². The van der Waals surface area contributed by atoms with Crippen LogP contribution in [-0.4, -0.2) is 40.5 Å². The van der Waals surface area contributed by atoms with Crippen LogP contribution >= 0.6 is 11.8 Å². The van der Waals surface area contributed by atoms with Gasteiger partial charge in [-0.2, -0.15) is 11.8 Å². The van der Waals surface area contributed by atoms with Gasteiger partial charge in [-0.15, -0.1) is 0 Å². The molecular formula is C11H21N3S. The topological polar surface area (TPSA) is 41.6 Å². The van der Waals surface area contributed by atoms with Gasteiger partial charge >= 0.3 is 0 Å². The van der Waals surface area contributed by atoms with E-state index >= 15 is 0 Å². The first-order valence-electron chi connectivity index (χ1n) is 5.73. The van der Waals surface area contributed by atoms with E-state index in [1.54, 1.807) is 0 Å². The predicted octanol–water partition coefficient (Wildman–Crippen LogP) is 1.54. The molecule has 0 aromatic heterocycles. The molecule has 2 aliphatic heterocycles. The second kappa shape index (κ2) is 3.89. The van der Waals surface area contributed by atoms with E-state index in [4.69, 9.17) is 5.73 Å². The highest BCUT2D eigenvalue weighted by Gasteiger charge is 2.47. The summed E-state index contributed by atoms with van der Waals surface area (Å²) in [5.74, 6) is 2.60. The number of nitrogens with zero attached hydrogens (tertiary/aromatic N) is 2. The van der Waals surface area contributed by atoms with Crippen LogP contribution in [0.3, 0.4) is 0 Å². The van der Waals surface area contributed by atoms with Crippen molar-refractivity contribution in [1.82, 2.24) is 4.90 Å². The maximum Gasteiger partial charge on any atom is 0.191 e. The highest BCUT2D eigenvalue weighted by atomic mass is 32.2. The fourth-order valence-electron chi connectivity index (χ4n) is 2.54. The molecule has 1 saturated heterocycles. The van der Waals surface area contributed by atoms with Crippen LogP contribution in [0.5, 0.6) is 0 Å². The Kier molecular flexibility index (Phi) is 2.88. The molecule has 0 saturated carbocycles. The number of hydrogen-bond donors (Lipinski definition) is 1. The molecular weight excluding hydrogens is 206 g/mol. The smallest absolute Gasteiger partial charge is 0.191 e. The Morgan fingerprint density at radius 3 is 2.93 bits per heavy atom. The standard InChI is InChI=1S/C11H21N3S/c1-8(2)5-14-10(12)13-6-11(14)4-9(3)15-7-11/h8-9H,4-7H2,1-3H3,(H2,12,13). The van der Waals surface area contributed by atoms with Crippen LogP contribution in [0.15, 0.2) is 4.99 Å². The predicted molar refractivity (Wildman–Crippen MR) is 67.3 cm³/mol. The fraction of sp³-hybridized carbons (Fsp3) is 0.909. The second-order valence-electron chi connectivity index (χ2n) is 5.23. The Balaban J connectivity index is 2.13. The normalized spacial score (nSPS) is 35.6. The van der Waals surface area contributed by atoms with Crippen molar-refractivity contribution in [2.75, 3.05) is 18.8 Å². The first-order valence-corrected chi connectivity index (χ1v) is 6.77. The fourth-order valence-corrected chi connectivity index (χ4v) is 3.93. The lowest BCUT2D eigenvalue weighted by Crippen LogP contribution is -2.53.